The number of amides is 2. The second kappa shape index (κ2) is 9.68. The summed E-state index contributed by atoms with van der Waals surface area (Å²) in [4.78, 5) is 36.9. The van der Waals surface area contributed by atoms with Crippen LogP contribution in [0.5, 0.6) is 0 Å². The number of nitrogens with zero attached hydrogens (tertiary/aromatic N) is 3. The second-order valence-electron chi connectivity index (χ2n) is 9.45. The first kappa shape index (κ1) is 24.5. The summed E-state index contributed by atoms with van der Waals surface area (Å²) < 4.78 is 1.79. The number of anilines is 2. The first-order valence-corrected chi connectivity index (χ1v) is 12.6. The van der Waals surface area contributed by atoms with Gasteiger partial charge in [-0.1, -0.05) is 18.2 Å². The van der Waals surface area contributed by atoms with Gasteiger partial charge >= 0.3 is 0 Å². The van der Waals surface area contributed by atoms with Crippen molar-refractivity contribution < 1.29 is 14.7 Å². The Labute approximate surface area is 218 Å². The van der Waals surface area contributed by atoms with E-state index in [1.165, 1.54) is 11.3 Å². The van der Waals surface area contributed by atoms with E-state index in [1.54, 1.807) is 48.6 Å². The summed E-state index contributed by atoms with van der Waals surface area (Å²) in [7, 11) is 1.71. The van der Waals surface area contributed by atoms with Crippen LogP contribution in [0, 0.1) is 0 Å². The molecule has 0 radical (unpaired) electrons. The summed E-state index contributed by atoms with van der Waals surface area (Å²) in [5.41, 5.74) is 2.56. The van der Waals surface area contributed by atoms with Crippen LogP contribution < -0.4 is 10.2 Å². The molecule has 0 aliphatic heterocycles. The maximum Gasteiger partial charge on any atom is 0.268 e. The third-order valence-electron chi connectivity index (χ3n) is 5.93. The van der Waals surface area contributed by atoms with E-state index in [0.717, 1.165) is 16.0 Å². The van der Waals surface area contributed by atoms with Gasteiger partial charge in [0.05, 0.1) is 28.1 Å². The predicted octanol–water partition coefficient (Wildman–Crippen LogP) is 5.39. The minimum absolute atomic E-state index is 0.139. The number of hydrogen-bond donors (Lipinski definition) is 3. The smallest absolute Gasteiger partial charge is 0.268 e. The van der Waals surface area contributed by atoms with E-state index in [-0.39, 0.29) is 18.4 Å². The molecule has 3 aromatic heterocycles. The van der Waals surface area contributed by atoms with E-state index in [9.17, 15) is 14.7 Å². The SMILES string of the molecule is CN(C(=O)c1ccccc1)c1ccc2c(c1)nc(NC(=O)c1ccc(-c3cc[nH]c3)s1)n2CC(C)(C)O. The molecule has 2 amide bonds. The van der Waals surface area contributed by atoms with Crippen LogP contribution in [0.25, 0.3) is 21.5 Å². The van der Waals surface area contributed by atoms with E-state index < -0.39 is 5.60 Å². The highest BCUT2D eigenvalue weighted by Crippen LogP contribution is 2.30. The van der Waals surface area contributed by atoms with Gasteiger partial charge in [-0.25, -0.2) is 4.98 Å². The highest BCUT2D eigenvalue weighted by atomic mass is 32.1. The first-order chi connectivity index (χ1) is 17.7. The van der Waals surface area contributed by atoms with Gasteiger partial charge in [0, 0.05) is 41.1 Å². The number of fused-ring (bicyclic) bond motifs is 1. The fourth-order valence-corrected chi connectivity index (χ4v) is 5.01. The number of carbonyl (C=O) groups excluding carboxylic acids is 2. The Morgan fingerprint density at radius 2 is 1.89 bits per heavy atom. The van der Waals surface area contributed by atoms with Gasteiger partial charge < -0.3 is 19.6 Å². The minimum atomic E-state index is -1.05. The van der Waals surface area contributed by atoms with Gasteiger partial charge in [-0.05, 0) is 62.4 Å². The number of aromatic amines is 1. The monoisotopic (exact) mass is 513 g/mol. The molecule has 0 atom stereocenters. The molecule has 0 aliphatic carbocycles. The summed E-state index contributed by atoms with van der Waals surface area (Å²) in [5, 5.41) is 13.5. The van der Waals surface area contributed by atoms with Crippen molar-refractivity contribution in [3.63, 3.8) is 0 Å². The zero-order chi connectivity index (χ0) is 26.2. The molecule has 188 valence electrons. The van der Waals surface area contributed by atoms with Gasteiger partial charge in [0.15, 0.2) is 0 Å². The summed E-state index contributed by atoms with van der Waals surface area (Å²) in [5.74, 6) is -0.0936. The molecule has 3 heterocycles. The summed E-state index contributed by atoms with van der Waals surface area (Å²) in [6.07, 6.45) is 3.72. The van der Waals surface area contributed by atoms with Crippen LogP contribution in [0.15, 0.2) is 79.1 Å². The zero-order valence-corrected chi connectivity index (χ0v) is 21.5. The van der Waals surface area contributed by atoms with Gasteiger partial charge in [-0.2, -0.15) is 0 Å². The highest BCUT2D eigenvalue weighted by molar-refractivity contribution is 7.17. The van der Waals surface area contributed by atoms with Crippen LogP contribution in [0.3, 0.4) is 0 Å². The average Bonchev–Trinajstić information content (AvgIpc) is 3.63. The first-order valence-electron chi connectivity index (χ1n) is 11.8. The van der Waals surface area contributed by atoms with E-state index >= 15 is 0 Å². The van der Waals surface area contributed by atoms with Crippen LogP contribution >= 0.6 is 11.3 Å². The van der Waals surface area contributed by atoms with Crippen molar-refractivity contribution in [2.24, 2.45) is 0 Å². The van der Waals surface area contributed by atoms with Crippen LogP contribution in [-0.2, 0) is 6.54 Å². The number of aliphatic hydroxyl groups is 1. The van der Waals surface area contributed by atoms with Gasteiger partial charge in [-0.15, -0.1) is 11.3 Å². The number of carbonyl (C=O) groups is 2. The molecular weight excluding hydrogens is 486 g/mol. The Hall–Kier alpha value is -4.21. The molecule has 8 nitrogen and oxygen atoms in total. The molecule has 0 unspecified atom stereocenters. The van der Waals surface area contributed by atoms with Crippen molar-refractivity contribution in [1.82, 2.24) is 14.5 Å². The van der Waals surface area contributed by atoms with E-state index in [1.807, 2.05) is 60.9 Å². The molecule has 0 spiro atoms. The Morgan fingerprint density at radius 3 is 2.59 bits per heavy atom. The number of nitrogens with one attached hydrogen (secondary N) is 2. The van der Waals surface area contributed by atoms with Gasteiger partial charge in [0.25, 0.3) is 11.8 Å². The molecule has 0 bridgehead atoms. The molecule has 3 N–H and O–H groups in total. The van der Waals surface area contributed by atoms with E-state index in [2.05, 4.69) is 15.3 Å². The minimum Gasteiger partial charge on any atom is -0.389 e. The van der Waals surface area contributed by atoms with Gasteiger partial charge in [-0.3, -0.25) is 14.9 Å². The molecule has 5 rings (SSSR count). The van der Waals surface area contributed by atoms with Crippen LogP contribution in [-0.4, -0.2) is 44.1 Å². The Kier molecular flexibility index (Phi) is 6.41. The van der Waals surface area contributed by atoms with Crippen molar-refractivity contribution >= 4 is 45.8 Å². The molecule has 5 aromatic rings. The number of hydrogen-bond acceptors (Lipinski definition) is 5. The molecule has 0 saturated carbocycles. The fraction of sp³-hybridized carbons (Fsp3) is 0.179. The number of H-pyrrole nitrogens is 1. The Bertz CT molecular complexity index is 1560. The van der Waals surface area contributed by atoms with Crippen LogP contribution in [0.4, 0.5) is 11.6 Å². The molecule has 0 fully saturated rings. The topological polar surface area (TPSA) is 103 Å². The van der Waals surface area contributed by atoms with E-state index in [0.29, 0.717) is 27.6 Å². The Morgan fingerprint density at radius 1 is 1.11 bits per heavy atom. The van der Waals surface area contributed by atoms with Crippen molar-refractivity contribution in [3.8, 4) is 10.4 Å². The van der Waals surface area contributed by atoms with Crippen molar-refractivity contribution in [1.29, 1.82) is 0 Å². The molecule has 0 aliphatic rings. The third kappa shape index (κ3) is 5.18. The molecule has 9 heteroatoms. The fourth-order valence-electron chi connectivity index (χ4n) is 4.12. The van der Waals surface area contributed by atoms with Gasteiger partial charge in [0.2, 0.25) is 5.95 Å². The van der Waals surface area contributed by atoms with Crippen molar-refractivity contribution in [3.05, 3.63) is 89.6 Å². The Balaban J connectivity index is 1.46. The summed E-state index contributed by atoms with van der Waals surface area (Å²) in [6, 6.07) is 20.2. The quantitative estimate of drug-likeness (QED) is 0.271. The molecular formula is C28H27N5O3S. The number of imidazole rings is 1. The van der Waals surface area contributed by atoms with Crippen molar-refractivity contribution in [2.75, 3.05) is 17.3 Å². The zero-order valence-electron chi connectivity index (χ0n) is 20.7. The normalized spacial score (nSPS) is 11.6. The lowest BCUT2D eigenvalue weighted by atomic mass is 10.1. The molecule has 37 heavy (non-hydrogen) atoms. The largest absolute Gasteiger partial charge is 0.389 e. The second-order valence-corrected chi connectivity index (χ2v) is 10.5. The van der Waals surface area contributed by atoms with E-state index in [4.69, 9.17) is 0 Å². The highest BCUT2D eigenvalue weighted by Gasteiger charge is 2.22. The van der Waals surface area contributed by atoms with Crippen molar-refractivity contribution in [2.45, 2.75) is 26.0 Å². The lowest BCUT2D eigenvalue weighted by molar-refractivity contribution is 0.0630. The average molecular weight is 514 g/mol. The number of rotatable bonds is 7. The lowest BCUT2D eigenvalue weighted by Crippen LogP contribution is -2.27. The molecule has 0 saturated heterocycles. The number of benzene rings is 2. The number of thiophene rings is 1. The predicted molar refractivity (Wildman–Crippen MR) is 147 cm³/mol. The third-order valence-corrected chi connectivity index (χ3v) is 7.06. The van der Waals surface area contributed by atoms with Crippen LogP contribution in [0.2, 0.25) is 0 Å². The summed E-state index contributed by atoms with van der Waals surface area (Å²) in [6.45, 7) is 3.62. The summed E-state index contributed by atoms with van der Waals surface area (Å²) >= 11 is 1.39. The maximum absolute atomic E-state index is 13.1. The van der Waals surface area contributed by atoms with Gasteiger partial charge in [0.1, 0.15) is 0 Å². The van der Waals surface area contributed by atoms with Crippen LogP contribution in [0.1, 0.15) is 33.9 Å². The maximum atomic E-state index is 13.1. The molecule has 2 aromatic carbocycles. The number of aromatic nitrogens is 3. The lowest BCUT2D eigenvalue weighted by Gasteiger charge is -2.20. The standard InChI is InChI=1S/C28H27N5O3S/c1-28(2,36)17-33-22-10-9-20(32(3)26(35)18-7-5-4-6-8-18)15-21(22)30-27(33)31-25(34)24-12-11-23(37-24)19-13-14-29-16-19/h4-16,29,36H,17H2,1-3H3,(H,30,31,34).